The van der Waals surface area contributed by atoms with Crippen molar-refractivity contribution in [2.75, 3.05) is 0 Å². The number of alkyl halides is 3. The summed E-state index contributed by atoms with van der Waals surface area (Å²) >= 11 is 0. The maximum atomic E-state index is 13.3. The number of benzene rings is 1. The number of halogens is 4. The minimum absolute atomic E-state index is 0.239. The van der Waals surface area contributed by atoms with E-state index >= 15 is 0 Å². The maximum absolute atomic E-state index is 13.3. The van der Waals surface area contributed by atoms with E-state index in [1.165, 1.54) is 19.3 Å². The Morgan fingerprint density at radius 1 is 1.14 bits per heavy atom. The molecule has 1 nitrogen and oxygen atoms in total. The summed E-state index contributed by atoms with van der Waals surface area (Å²) in [6, 6.07) is 2.95. The molecule has 5 heteroatoms. The lowest BCUT2D eigenvalue weighted by Crippen LogP contribution is -2.34. The molecular formula is C16H21F4N. The first kappa shape index (κ1) is 16.3. The summed E-state index contributed by atoms with van der Waals surface area (Å²) < 4.78 is 51.3. The fourth-order valence-corrected chi connectivity index (χ4v) is 3.00. The molecule has 1 saturated carbocycles. The van der Waals surface area contributed by atoms with E-state index in [0.717, 1.165) is 25.0 Å². The zero-order valence-electron chi connectivity index (χ0n) is 12.1. The van der Waals surface area contributed by atoms with Gasteiger partial charge in [0.05, 0.1) is 5.56 Å². The average Bonchev–Trinajstić information content (AvgIpc) is 2.44. The van der Waals surface area contributed by atoms with Gasteiger partial charge in [-0.3, -0.25) is 0 Å². The van der Waals surface area contributed by atoms with Gasteiger partial charge >= 0.3 is 6.18 Å². The molecule has 21 heavy (non-hydrogen) atoms. The van der Waals surface area contributed by atoms with Crippen LogP contribution >= 0.6 is 0 Å². The summed E-state index contributed by atoms with van der Waals surface area (Å²) in [4.78, 5) is 0. The third kappa shape index (κ3) is 4.70. The van der Waals surface area contributed by atoms with E-state index in [2.05, 4.69) is 12.2 Å². The highest BCUT2D eigenvalue weighted by molar-refractivity contribution is 5.26. The molecule has 2 rings (SSSR count). The van der Waals surface area contributed by atoms with Crippen LogP contribution in [0.15, 0.2) is 18.2 Å². The Balaban J connectivity index is 1.97. The molecule has 0 aromatic heterocycles. The Hall–Kier alpha value is -1.10. The molecule has 0 saturated heterocycles. The maximum Gasteiger partial charge on any atom is 0.416 e. The van der Waals surface area contributed by atoms with Crippen LogP contribution in [0.25, 0.3) is 0 Å². The summed E-state index contributed by atoms with van der Waals surface area (Å²) in [5.74, 6) is -0.277. The van der Waals surface area contributed by atoms with Crippen LogP contribution in [0.2, 0.25) is 0 Å². The van der Waals surface area contributed by atoms with E-state index in [1.807, 2.05) is 0 Å². The number of nitrogens with one attached hydrogen (secondary N) is 1. The Labute approximate surface area is 122 Å². The van der Waals surface area contributed by atoms with Gasteiger partial charge in [-0.05, 0) is 49.4 Å². The first-order valence-electron chi connectivity index (χ1n) is 7.46. The van der Waals surface area contributed by atoms with E-state index < -0.39 is 17.6 Å². The van der Waals surface area contributed by atoms with Crippen LogP contribution in [0, 0.1) is 11.7 Å². The fourth-order valence-electron chi connectivity index (χ4n) is 3.00. The van der Waals surface area contributed by atoms with Gasteiger partial charge in [-0.1, -0.05) is 19.3 Å². The largest absolute Gasteiger partial charge is 0.416 e. The zero-order valence-corrected chi connectivity index (χ0v) is 12.1. The summed E-state index contributed by atoms with van der Waals surface area (Å²) in [5.41, 5.74) is -0.588. The van der Waals surface area contributed by atoms with Crippen molar-refractivity contribution < 1.29 is 17.6 Å². The molecule has 0 bridgehead atoms. The highest BCUT2D eigenvalue weighted by atomic mass is 19.4. The normalized spacial score (nSPS) is 18.7. The van der Waals surface area contributed by atoms with Gasteiger partial charge in [0.1, 0.15) is 5.82 Å². The highest BCUT2D eigenvalue weighted by Crippen LogP contribution is 2.31. The molecule has 0 unspecified atom stereocenters. The SMILES string of the molecule is C[C@H](NCc1cc(F)cc(C(F)(F)F)c1)C1CCCCC1. The van der Waals surface area contributed by atoms with Crippen molar-refractivity contribution in [3.8, 4) is 0 Å². The van der Waals surface area contributed by atoms with Crippen LogP contribution in [-0.2, 0) is 12.7 Å². The summed E-state index contributed by atoms with van der Waals surface area (Å²) in [7, 11) is 0. The monoisotopic (exact) mass is 303 g/mol. The predicted molar refractivity (Wildman–Crippen MR) is 74.3 cm³/mol. The van der Waals surface area contributed by atoms with Gasteiger partial charge in [-0.2, -0.15) is 13.2 Å². The number of hydrogen-bond acceptors (Lipinski definition) is 1. The van der Waals surface area contributed by atoms with E-state index in [-0.39, 0.29) is 12.6 Å². The van der Waals surface area contributed by atoms with Gasteiger partial charge < -0.3 is 5.32 Å². The van der Waals surface area contributed by atoms with Crippen molar-refractivity contribution in [1.82, 2.24) is 5.32 Å². The molecule has 1 N–H and O–H groups in total. The smallest absolute Gasteiger partial charge is 0.310 e. The fraction of sp³-hybridized carbons (Fsp3) is 0.625. The molecule has 0 aliphatic heterocycles. The van der Waals surface area contributed by atoms with Crippen LogP contribution < -0.4 is 5.32 Å². The van der Waals surface area contributed by atoms with Gasteiger partial charge in [-0.15, -0.1) is 0 Å². The third-order valence-electron chi connectivity index (χ3n) is 4.27. The van der Waals surface area contributed by atoms with Crippen LogP contribution in [0.1, 0.15) is 50.2 Å². The van der Waals surface area contributed by atoms with E-state index in [0.29, 0.717) is 17.5 Å². The second-order valence-electron chi connectivity index (χ2n) is 5.91. The van der Waals surface area contributed by atoms with Gasteiger partial charge in [0.25, 0.3) is 0 Å². The van der Waals surface area contributed by atoms with Crippen LogP contribution in [-0.4, -0.2) is 6.04 Å². The molecule has 118 valence electrons. The van der Waals surface area contributed by atoms with E-state index in [4.69, 9.17) is 0 Å². The predicted octanol–water partition coefficient (Wildman–Crippen LogP) is 4.90. The van der Waals surface area contributed by atoms with Crippen molar-refractivity contribution in [3.05, 3.63) is 35.1 Å². The van der Waals surface area contributed by atoms with Gasteiger partial charge in [0.15, 0.2) is 0 Å². The molecule has 0 spiro atoms. The number of hydrogen-bond donors (Lipinski definition) is 1. The summed E-state index contributed by atoms with van der Waals surface area (Å²) in [6.07, 6.45) is 1.51. The molecule has 0 radical (unpaired) electrons. The Morgan fingerprint density at radius 3 is 2.43 bits per heavy atom. The Bertz CT molecular complexity index is 464. The standard InChI is InChI=1S/C16H21F4N/c1-11(13-5-3-2-4-6-13)21-10-12-7-14(16(18,19)20)9-15(17)8-12/h7-9,11,13,21H,2-6,10H2,1H3/t11-/m0/s1. The molecule has 1 aliphatic rings. The highest BCUT2D eigenvalue weighted by Gasteiger charge is 2.31. The van der Waals surface area contributed by atoms with Crippen LogP contribution in [0.3, 0.4) is 0 Å². The molecule has 1 aromatic carbocycles. The molecule has 1 fully saturated rings. The van der Waals surface area contributed by atoms with Crippen molar-refractivity contribution >= 4 is 0 Å². The van der Waals surface area contributed by atoms with Gasteiger partial charge in [0, 0.05) is 12.6 Å². The van der Waals surface area contributed by atoms with Gasteiger partial charge in [0.2, 0.25) is 0 Å². The third-order valence-corrected chi connectivity index (χ3v) is 4.27. The van der Waals surface area contributed by atoms with Crippen LogP contribution in [0.5, 0.6) is 0 Å². The molecule has 0 heterocycles. The van der Waals surface area contributed by atoms with Crippen LogP contribution in [0.4, 0.5) is 17.6 Å². The minimum atomic E-state index is -4.51. The summed E-state index contributed by atoms with van der Waals surface area (Å²) in [6.45, 7) is 2.32. The topological polar surface area (TPSA) is 12.0 Å². The Kier molecular flexibility index (Phi) is 5.25. The zero-order chi connectivity index (χ0) is 15.5. The molecule has 0 amide bonds. The van der Waals surface area contributed by atoms with Crippen molar-refractivity contribution in [1.29, 1.82) is 0 Å². The van der Waals surface area contributed by atoms with E-state index in [9.17, 15) is 17.6 Å². The first-order valence-corrected chi connectivity index (χ1v) is 7.46. The molecule has 1 atom stereocenters. The Morgan fingerprint density at radius 2 is 1.81 bits per heavy atom. The quantitative estimate of drug-likeness (QED) is 0.780. The molecular weight excluding hydrogens is 282 g/mol. The molecule has 1 aromatic rings. The van der Waals surface area contributed by atoms with Crippen molar-refractivity contribution in [2.24, 2.45) is 5.92 Å². The molecule has 1 aliphatic carbocycles. The lowest BCUT2D eigenvalue weighted by atomic mass is 9.84. The minimum Gasteiger partial charge on any atom is -0.310 e. The van der Waals surface area contributed by atoms with Gasteiger partial charge in [-0.25, -0.2) is 4.39 Å². The summed E-state index contributed by atoms with van der Waals surface area (Å²) in [5, 5.41) is 3.24. The van der Waals surface area contributed by atoms with Crippen molar-refractivity contribution in [3.63, 3.8) is 0 Å². The van der Waals surface area contributed by atoms with E-state index in [1.54, 1.807) is 0 Å². The first-order chi connectivity index (χ1) is 9.86. The second-order valence-corrected chi connectivity index (χ2v) is 5.91. The lowest BCUT2D eigenvalue weighted by Gasteiger charge is -2.28. The van der Waals surface area contributed by atoms with Crippen molar-refractivity contribution in [2.45, 2.75) is 57.8 Å². The second kappa shape index (κ2) is 6.77. The lowest BCUT2D eigenvalue weighted by molar-refractivity contribution is -0.137. The average molecular weight is 303 g/mol. The number of rotatable bonds is 4.